The van der Waals surface area contributed by atoms with Crippen LogP contribution in [0, 0.1) is 0 Å². The van der Waals surface area contributed by atoms with Crippen molar-refractivity contribution in [2.75, 3.05) is 39.3 Å². The highest BCUT2D eigenvalue weighted by molar-refractivity contribution is 5.27. The Morgan fingerprint density at radius 3 is 2.27 bits per heavy atom. The number of nitrogens with zero attached hydrogens (tertiary/aromatic N) is 2. The van der Waals surface area contributed by atoms with Crippen LogP contribution in [0.2, 0.25) is 0 Å². The van der Waals surface area contributed by atoms with Crippen LogP contribution < -0.4 is 5.32 Å². The molecule has 2 heterocycles. The fraction of sp³-hybridized carbons (Fsp3) is 0.684. The van der Waals surface area contributed by atoms with Crippen LogP contribution >= 0.6 is 0 Å². The molecule has 1 aromatic carbocycles. The van der Waals surface area contributed by atoms with E-state index in [9.17, 15) is 0 Å². The zero-order chi connectivity index (χ0) is 15.6. The van der Waals surface area contributed by atoms with Crippen LogP contribution in [0.25, 0.3) is 0 Å². The van der Waals surface area contributed by atoms with Gasteiger partial charge in [-0.05, 0) is 29.5 Å². The molecular formula is C19H31N3. The maximum Gasteiger partial charge on any atom is 0.0234 e. The molecule has 0 bridgehead atoms. The molecule has 3 rings (SSSR count). The van der Waals surface area contributed by atoms with Gasteiger partial charge in [0, 0.05) is 45.3 Å². The summed E-state index contributed by atoms with van der Waals surface area (Å²) in [4.78, 5) is 5.28. The fourth-order valence-electron chi connectivity index (χ4n) is 3.61. The van der Waals surface area contributed by atoms with E-state index in [2.05, 4.69) is 60.2 Å². The maximum atomic E-state index is 3.48. The first-order chi connectivity index (χ1) is 10.5. The standard InChI is InChI=1S/C19H31N3/c1-19(2,3)17-6-4-16(5-7-17)15-21-10-12-22(13-11-21)18-8-9-20-14-18/h4-7,18,20H,8-15H2,1-3H3. The molecule has 1 N–H and O–H groups in total. The number of rotatable bonds is 3. The largest absolute Gasteiger partial charge is 0.315 e. The van der Waals surface area contributed by atoms with Crippen LogP contribution in [0.3, 0.4) is 0 Å². The van der Waals surface area contributed by atoms with Gasteiger partial charge in [0.25, 0.3) is 0 Å². The Kier molecular flexibility index (Phi) is 4.86. The molecule has 2 aliphatic heterocycles. The molecular weight excluding hydrogens is 270 g/mol. The Balaban J connectivity index is 1.50. The number of nitrogens with one attached hydrogen (secondary N) is 1. The number of hydrogen-bond donors (Lipinski definition) is 1. The van der Waals surface area contributed by atoms with Crippen molar-refractivity contribution in [1.29, 1.82) is 0 Å². The fourth-order valence-corrected chi connectivity index (χ4v) is 3.61. The average molecular weight is 301 g/mol. The van der Waals surface area contributed by atoms with Crippen molar-refractivity contribution < 1.29 is 0 Å². The van der Waals surface area contributed by atoms with Crippen molar-refractivity contribution in [2.24, 2.45) is 0 Å². The third-order valence-corrected chi connectivity index (χ3v) is 5.18. The zero-order valence-electron chi connectivity index (χ0n) is 14.4. The lowest BCUT2D eigenvalue weighted by Crippen LogP contribution is -2.50. The molecule has 22 heavy (non-hydrogen) atoms. The van der Waals surface area contributed by atoms with E-state index in [1.165, 1.54) is 56.8 Å². The van der Waals surface area contributed by atoms with Crippen molar-refractivity contribution in [3.63, 3.8) is 0 Å². The van der Waals surface area contributed by atoms with E-state index in [0.717, 1.165) is 12.6 Å². The third-order valence-electron chi connectivity index (χ3n) is 5.18. The molecule has 122 valence electrons. The van der Waals surface area contributed by atoms with Crippen LogP contribution in [0.1, 0.15) is 38.3 Å². The monoisotopic (exact) mass is 301 g/mol. The SMILES string of the molecule is CC(C)(C)c1ccc(CN2CCN(C3CCNC3)CC2)cc1. The van der Waals surface area contributed by atoms with Crippen molar-refractivity contribution in [1.82, 2.24) is 15.1 Å². The molecule has 0 spiro atoms. The van der Waals surface area contributed by atoms with Gasteiger partial charge in [0.05, 0.1) is 0 Å². The van der Waals surface area contributed by atoms with Gasteiger partial charge < -0.3 is 5.32 Å². The molecule has 3 nitrogen and oxygen atoms in total. The van der Waals surface area contributed by atoms with Gasteiger partial charge in [-0.1, -0.05) is 45.0 Å². The topological polar surface area (TPSA) is 18.5 Å². The van der Waals surface area contributed by atoms with E-state index in [0.29, 0.717) is 0 Å². The van der Waals surface area contributed by atoms with Crippen molar-refractivity contribution >= 4 is 0 Å². The van der Waals surface area contributed by atoms with Crippen LogP contribution in [-0.4, -0.2) is 55.1 Å². The number of hydrogen-bond acceptors (Lipinski definition) is 3. The minimum absolute atomic E-state index is 0.249. The summed E-state index contributed by atoms with van der Waals surface area (Å²) in [5, 5.41) is 3.48. The van der Waals surface area contributed by atoms with Crippen LogP contribution in [0.5, 0.6) is 0 Å². The summed E-state index contributed by atoms with van der Waals surface area (Å²) in [7, 11) is 0. The Hall–Kier alpha value is -0.900. The number of piperazine rings is 1. The molecule has 0 saturated carbocycles. The normalized spacial score (nSPS) is 24.8. The van der Waals surface area contributed by atoms with Crippen LogP contribution in [-0.2, 0) is 12.0 Å². The highest BCUT2D eigenvalue weighted by atomic mass is 15.3. The molecule has 0 aliphatic carbocycles. The minimum Gasteiger partial charge on any atom is -0.315 e. The van der Waals surface area contributed by atoms with Gasteiger partial charge in [-0.25, -0.2) is 0 Å². The smallest absolute Gasteiger partial charge is 0.0234 e. The maximum absolute atomic E-state index is 3.48. The summed E-state index contributed by atoms with van der Waals surface area (Å²) in [6.45, 7) is 15.2. The quantitative estimate of drug-likeness (QED) is 0.925. The second kappa shape index (κ2) is 6.69. The van der Waals surface area contributed by atoms with Crippen molar-refractivity contribution in [3.05, 3.63) is 35.4 Å². The van der Waals surface area contributed by atoms with Gasteiger partial charge >= 0.3 is 0 Å². The molecule has 0 amide bonds. The second-order valence-corrected chi connectivity index (χ2v) is 7.91. The molecule has 0 aromatic heterocycles. The first-order valence-corrected chi connectivity index (χ1v) is 8.79. The van der Waals surface area contributed by atoms with Gasteiger partial charge in [0.2, 0.25) is 0 Å². The van der Waals surface area contributed by atoms with Crippen molar-refractivity contribution in [3.8, 4) is 0 Å². The van der Waals surface area contributed by atoms with Gasteiger partial charge in [-0.2, -0.15) is 0 Å². The predicted octanol–water partition coefficient (Wildman–Crippen LogP) is 2.46. The molecule has 1 aromatic rings. The number of benzene rings is 1. The first kappa shape index (κ1) is 16.0. The van der Waals surface area contributed by atoms with Gasteiger partial charge in [-0.3, -0.25) is 9.80 Å². The molecule has 3 heteroatoms. The van der Waals surface area contributed by atoms with Gasteiger partial charge in [-0.15, -0.1) is 0 Å². The minimum atomic E-state index is 0.249. The highest BCUT2D eigenvalue weighted by Gasteiger charge is 2.25. The summed E-state index contributed by atoms with van der Waals surface area (Å²) in [5.74, 6) is 0. The van der Waals surface area contributed by atoms with Gasteiger partial charge in [0.15, 0.2) is 0 Å². The molecule has 0 radical (unpaired) electrons. The lowest BCUT2D eigenvalue weighted by atomic mass is 9.87. The average Bonchev–Trinajstić information content (AvgIpc) is 3.02. The predicted molar refractivity (Wildman–Crippen MR) is 93.3 cm³/mol. The lowest BCUT2D eigenvalue weighted by Gasteiger charge is -2.37. The van der Waals surface area contributed by atoms with E-state index in [1.54, 1.807) is 0 Å². The van der Waals surface area contributed by atoms with Crippen LogP contribution in [0.4, 0.5) is 0 Å². The Bertz CT molecular complexity index is 460. The van der Waals surface area contributed by atoms with Crippen LogP contribution in [0.15, 0.2) is 24.3 Å². The summed E-state index contributed by atoms with van der Waals surface area (Å²) in [6, 6.07) is 10.0. The molecule has 1 atom stereocenters. The highest BCUT2D eigenvalue weighted by Crippen LogP contribution is 2.22. The zero-order valence-corrected chi connectivity index (χ0v) is 14.4. The second-order valence-electron chi connectivity index (χ2n) is 7.91. The third kappa shape index (κ3) is 3.89. The van der Waals surface area contributed by atoms with E-state index in [-0.39, 0.29) is 5.41 Å². The Morgan fingerprint density at radius 1 is 1.05 bits per heavy atom. The summed E-state index contributed by atoms with van der Waals surface area (Å²) >= 11 is 0. The van der Waals surface area contributed by atoms with E-state index >= 15 is 0 Å². The first-order valence-electron chi connectivity index (χ1n) is 8.79. The van der Waals surface area contributed by atoms with Crippen molar-refractivity contribution in [2.45, 2.75) is 45.2 Å². The Morgan fingerprint density at radius 2 is 1.73 bits per heavy atom. The molecule has 2 fully saturated rings. The molecule has 2 aliphatic rings. The van der Waals surface area contributed by atoms with E-state index < -0.39 is 0 Å². The van der Waals surface area contributed by atoms with E-state index in [1.807, 2.05) is 0 Å². The molecule has 2 saturated heterocycles. The summed E-state index contributed by atoms with van der Waals surface area (Å²) in [6.07, 6.45) is 1.33. The summed E-state index contributed by atoms with van der Waals surface area (Å²) < 4.78 is 0. The van der Waals surface area contributed by atoms with Gasteiger partial charge in [0.1, 0.15) is 0 Å². The molecule has 1 unspecified atom stereocenters. The lowest BCUT2D eigenvalue weighted by molar-refractivity contribution is 0.0981. The Labute approximate surface area is 135 Å². The summed E-state index contributed by atoms with van der Waals surface area (Å²) in [5.41, 5.74) is 3.12. The van der Waals surface area contributed by atoms with E-state index in [4.69, 9.17) is 0 Å².